The number of nitrogens with one attached hydrogen (secondary N) is 1. The third kappa shape index (κ3) is 4.69. The molecule has 1 aromatic heterocycles. The Balaban J connectivity index is 2.57. The molecule has 0 fully saturated rings. The van der Waals surface area contributed by atoms with Gasteiger partial charge in [-0.3, -0.25) is 0 Å². The highest BCUT2D eigenvalue weighted by Gasteiger charge is 2.11. The van der Waals surface area contributed by atoms with Crippen LogP contribution in [0.5, 0.6) is 0 Å². The Hall–Kier alpha value is -0.300. The van der Waals surface area contributed by atoms with E-state index in [9.17, 15) is 0 Å². The Morgan fingerprint density at radius 1 is 1.56 bits per heavy atom. The van der Waals surface area contributed by atoms with Gasteiger partial charge >= 0.3 is 0 Å². The largest absolute Gasteiger partial charge is 0.310 e. The Kier molecular flexibility index (Phi) is 6.79. The summed E-state index contributed by atoms with van der Waals surface area (Å²) >= 11 is 5.26. The SMILES string of the molecule is CC#CCCC(NCCC)c1csc(Br)c1. The summed E-state index contributed by atoms with van der Waals surface area (Å²) in [7, 11) is 0. The highest BCUT2D eigenvalue weighted by molar-refractivity contribution is 9.11. The Morgan fingerprint density at radius 2 is 2.38 bits per heavy atom. The molecule has 0 spiro atoms. The third-order valence-electron chi connectivity index (χ3n) is 2.37. The minimum absolute atomic E-state index is 0.448. The number of hydrogen-bond donors (Lipinski definition) is 1. The van der Waals surface area contributed by atoms with Crippen molar-refractivity contribution in [1.29, 1.82) is 0 Å². The second-order valence-electron chi connectivity index (χ2n) is 3.66. The molecular formula is C13H18BrNS. The van der Waals surface area contributed by atoms with Crippen LogP contribution in [0.2, 0.25) is 0 Å². The monoisotopic (exact) mass is 299 g/mol. The van der Waals surface area contributed by atoms with E-state index >= 15 is 0 Å². The van der Waals surface area contributed by atoms with Gasteiger partial charge in [0.1, 0.15) is 0 Å². The van der Waals surface area contributed by atoms with Gasteiger partial charge in [0.2, 0.25) is 0 Å². The van der Waals surface area contributed by atoms with Gasteiger partial charge in [0.15, 0.2) is 0 Å². The van der Waals surface area contributed by atoms with Crippen LogP contribution in [0.1, 0.15) is 44.7 Å². The number of thiophene rings is 1. The molecule has 1 heterocycles. The summed E-state index contributed by atoms with van der Waals surface area (Å²) in [5, 5.41) is 5.80. The summed E-state index contributed by atoms with van der Waals surface area (Å²) in [6, 6.07) is 2.65. The molecule has 0 saturated heterocycles. The number of rotatable bonds is 6. The van der Waals surface area contributed by atoms with Gasteiger partial charge < -0.3 is 5.32 Å². The summed E-state index contributed by atoms with van der Waals surface area (Å²) < 4.78 is 1.20. The summed E-state index contributed by atoms with van der Waals surface area (Å²) in [5.41, 5.74) is 1.38. The first-order chi connectivity index (χ1) is 7.77. The Labute approximate surface area is 111 Å². The maximum atomic E-state index is 3.58. The summed E-state index contributed by atoms with van der Waals surface area (Å²) in [6.07, 6.45) is 3.22. The van der Waals surface area contributed by atoms with Crippen LogP contribution in [0.15, 0.2) is 15.2 Å². The van der Waals surface area contributed by atoms with Crippen molar-refractivity contribution in [3.05, 3.63) is 20.8 Å². The summed E-state index contributed by atoms with van der Waals surface area (Å²) in [6.45, 7) is 5.16. The molecule has 3 heteroatoms. The van der Waals surface area contributed by atoms with Crippen LogP contribution in [0.4, 0.5) is 0 Å². The van der Waals surface area contributed by atoms with Gasteiger partial charge in [-0.1, -0.05) is 6.92 Å². The molecule has 1 atom stereocenters. The van der Waals surface area contributed by atoms with E-state index in [1.54, 1.807) is 11.3 Å². The fraction of sp³-hybridized carbons (Fsp3) is 0.538. The zero-order valence-corrected chi connectivity index (χ0v) is 12.2. The van der Waals surface area contributed by atoms with Gasteiger partial charge in [0.25, 0.3) is 0 Å². The van der Waals surface area contributed by atoms with E-state index in [0.29, 0.717) is 6.04 Å². The predicted molar refractivity (Wildman–Crippen MR) is 75.7 cm³/mol. The van der Waals surface area contributed by atoms with E-state index in [1.807, 2.05) is 6.92 Å². The minimum Gasteiger partial charge on any atom is -0.310 e. The maximum Gasteiger partial charge on any atom is 0.0701 e. The fourth-order valence-corrected chi connectivity index (χ4v) is 2.78. The van der Waals surface area contributed by atoms with E-state index in [2.05, 4.69) is 51.5 Å². The molecule has 0 saturated carbocycles. The van der Waals surface area contributed by atoms with Crippen molar-refractivity contribution in [2.24, 2.45) is 0 Å². The molecule has 1 nitrogen and oxygen atoms in total. The molecule has 1 aromatic rings. The first kappa shape index (κ1) is 13.8. The lowest BCUT2D eigenvalue weighted by Crippen LogP contribution is -2.21. The first-order valence-electron chi connectivity index (χ1n) is 5.64. The predicted octanol–water partition coefficient (Wildman–Crippen LogP) is 4.35. The lowest BCUT2D eigenvalue weighted by molar-refractivity contribution is 0.506. The molecular weight excluding hydrogens is 282 g/mol. The molecule has 0 aliphatic heterocycles. The van der Waals surface area contributed by atoms with Gasteiger partial charge in [-0.05, 0) is 59.2 Å². The van der Waals surface area contributed by atoms with Crippen molar-refractivity contribution in [2.45, 2.75) is 39.2 Å². The molecule has 1 unspecified atom stereocenters. The van der Waals surface area contributed by atoms with Gasteiger partial charge in [0, 0.05) is 12.5 Å². The molecule has 88 valence electrons. The quantitative estimate of drug-likeness (QED) is 0.770. The van der Waals surface area contributed by atoms with E-state index in [1.165, 1.54) is 15.8 Å². The number of halogens is 1. The normalized spacial score (nSPS) is 11.9. The van der Waals surface area contributed by atoms with Crippen molar-refractivity contribution in [1.82, 2.24) is 5.32 Å². The summed E-state index contributed by atoms with van der Waals surface area (Å²) in [4.78, 5) is 0. The smallest absolute Gasteiger partial charge is 0.0701 e. The van der Waals surface area contributed by atoms with Crippen molar-refractivity contribution in [3.63, 3.8) is 0 Å². The van der Waals surface area contributed by atoms with Crippen LogP contribution in [0.25, 0.3) is 0 Å². The topological polar surface area (TPSA) is 12.0 Å². The fourth-order valence-electron chi connectivity index (χ4n) is 1.55. The van der Waals surface area contributed by atoms with Crippen molar-refractivity contribution in [2.75, 3.05) is 6.54 Å². The highest BCUT2D eigenvalue weighted by Crippen LogP contribution is 2.27. The average Bonchev–Trinajstić information content (AvgIpc) is 2.70. The highest BCUT2D eigenvalue weighted by atomic mass is 79.9. The zero-order chi connectivity index (χ0) is 11.8. The number of hydrogen-bond acceptors (Lipinski definition) is 2. The second-order valence-corrected chi connectivity index (χ2v) is 5.95. The lowest BCUT2D eigenvalue weighted by Gasteiger charge is -2.16. The Bertz CT molecular complexity index is 361. The van der Waals surface area contributed by atoms with Crippen LogP contribution in [0, 0.1) is 11.8 Å². The van der Waals surface area contributed by atoms with E-state index < -0.39 is 0 Å². The molecule has 1 rings (SSSR count). The van der Waals surface area contributed by atoms with Crippen LogP contribution >= 0.6 is 27.3 Å². The van der Waals surface area contributed by atoms with Gasteiger partial charge in [-0.25, -0.2) is 0 Å². The molecule has 0 aliphatic carbocycles. The van der Waals surface area contributed by atoms with Crippen LogP contribution in [0.3, 0.4) is 0 Å². The molecule has 0 aliphatic rings. The third-order valence-corrected chi connectivity index (χ3v) is 3.89. The van der Waals surface area contributed by atoms with Crippen LogP contribution in [-0.4, -0.2) is 6.54 Å². The first-order valence-corrected chi connectivity index (χ1v) is 7.32. The zero-order valence-electron chi connectivity index (χ0n) is 9.85. The molecule has 0 aromatic carbocycles. The summed E-state index contributed by atoms with van der Waals surface area (Å²) in [5.74, 6) is 6.08. The van der Waals surface area contributed by atoms with Crippen molar-refractivity contribution >= 4 is 27.3 Å². The molecule has 16 heavy (non-hydrogen) atoms. The van der Waals surface area contributed by atoms with Gasteiger partial charge in [-0.15, -0.1) is 23.2 Å². The molecule has 0 radical (unpaired) electrons. The lowest BCUT2D eigenvalue weighted by atomic mass is 10.1. The molecule has 0 bridgehead atoms. The van der Waals surface area contributed by atoms with E-state index in [-0.39, 0.29) is 0 Å². The second kappa shape index (κ2) is 7.89. The Morgan fingerprint density at radius 3 is 2.94 bits per heavy atom. The minimum atomic E-state index is 0.448. The maximum absolute atomic E-state index is 3.58. The van der Waals surface area contributed by atoms with Gasteiger partial charge in [-0.2, -0.15) is 0 Å². The van der Waals surface area contributed by atoms with Crippen LogP contribution < -0.4 is 5.32 Å². The molecule has 1 N–H and O–H groups in total. The molecule has 0 amide bonds. The van der Waals surface area contributed by atoms with Crippen LogP contribution in [-0.2, 0) is 0 Å². The van der Waals surface area contributed by atoms with E-state index in [4.69, 9.17) is 0 Å². The average molecular weight is 300 g/mol. The van der Waals surface area contributed by atoms with Gasteiger partial charge in [0.05, 0.1) is 3.79 Å². The van der Waals surface area contributed by atoms with Crippen molar-refractivity contribution in [3.8, 4) is 11.8 Å². The van der Waals surface area contributed by atoms with E-state index in [0.717, 1.165) is 19.4 Å². The standard InChI is InChI=1S/C13H18BrNS/c1-3-5-6-7-12(15-8-4-2)11-9-13(14)16-10-11/h9-10,12,15H,4,6-8H2,1-2H3. The van der Waals surface area contributed by atoms with Crippen molar-refractivity contribution < 1.29 is 0 Å².